The van der Waals surface area contributed by atoms with E-state index in [-0.39, 0.29) is 29.8 Å². The van der Waals surface area contributed by atoms with Gasteiger partial charge in [0.25, 0.3) is 5.24 Å². The quantitative estimate of drug-likeness (QED) is 0.546. The number of rotatable bonds is 1. The van der Waals surface area contributed by atoms with Gasteiger partial charge in [0.1, 0.15) is 6.10 Å². The van der Waals surface area contributed by atoms with E-state index in [0.29, 0.717) is 18.6 Å². The highest BCUT2D eigenvalue weighted by molar-refractivity contribution is 8.14. The van der Waals surface area contributed by atoms with Gasteiger partial charge >= 0.3 is 5.97 Å². The van der Waals surface area contributed by atoms with Gasteiger partial charge in [-0.1, -0.05) is 23.9 Å². The van der Waals surface area contributed by atoms with Gasteiger partial charge in [0.15, 0.2) is 5.79 Å². The van der Waals surface area contributed by atoms with Gasteiger partial charge in [0, 0.05) is 25.0 Å². The lowest BCUT2D eigenvalue weighted by Gasteiger charge is -2.43. The third-order valence-electron chi connectivity index (χ3n) is 5.00. The van der Waals surface area contributed by atoms with E-state index in [1.165, 1.54) is 0 Å². The number of esters is 1. The van der Waals surface area contributed by atoms with Crippen molar-refractivity contribution in [1.82, 2.24) is 5.32 Å². The summed E-state index contributed by atoms with van der Waals surface area (Å²) in [6.07, 6.45) is 10.6. The summed E-state index contributed by atoms with van der Waals surface area (Å²) in [7, 11) is 0. The monoisotopic (exact) mass is 369 g/mol. The Morgan fingerprint density at radius 1 is 1.16 bits per heavy atom. The largest absolute Gasteiger partial charge is 0.462 e. The van der Waals surface area contributed by atoms with E-state index >= 15 is 0 Å². The van der Waals surface area contributed by atoms with Crippen LogP contribution in [0.2, 0.25) is 0 Å². The van der Waals surface area contributed by atoms with Crippen molar-refractivity contribution < 1.29 is 24.2 Å². The molecule has 4 atom stereocenters. The number of allylic oxidation sites excluding steroid dienone is 2. The van der Waals surface area contributed by atoms with Crippen molar-refractivity contribution in [3.05, 3.63) is 12.2 Å². The van der Waals surface area contributed by atoms with Crippen LogP contribution in [0.1, 0.15) is 57.8 Å². The van der Waals surface area contributed by atoms with E-state index < -0.39 is 11.8 Å². The first-order valence-electron chi connectivity index (χ1n) is 9.23. The van der Waals surface area contributed by atoms with Crippen LogP contribution in [0.5, 0.6) is 0 Å². The Balaban J connectivity index is 1.70. The van der Waals surface area contributed by atoms with Gasteiger partial charge in [-0.15, -0.1) is 0 Å². The van der Waals surface area contributed by atoms with Crippen LogP contribution in [0.4, 0.5) is 4.79 Å². The van der Waals surface area contributed by atoms with E-state index in [0.717, 1.165) is 50.3 Å². The fraction of sp³-hybridized carbons (Fsp3) is 0.778. The molecule has 0 aromatic heterocycles. The third-order valence-corrected chi connectivity index (χ3v) is 5.88. The molecule has 0 radical (unpaired) electrons. The molecule has 0 aromatic carbocycles. The molecule has 1 amide bonds. The van der Waals surface area contributed by atoms with Crippen LogP contribution in [0.15, 0.2) is 12.2 Å². The average Bonchev–Trinajstić information content (AvgIpc) is 2.99. The highest BCUT2D eigenvalue weighted by Crippen LogP contribution is 2.36. The molecule has 25 heavy (non-hydrogen) atoms. The summed E-state index contributed by atoms with van der Waals surface area (Å²) in [5, 5.41) is 13.6. The summed E-state index contributed by atoms with van der Waals surface area (Å²) in [4.78, 5) is 23.6. The fourth-order valence-corrected chi connectivity index (χ4v) is 4.57. The van der Waals surface area contributed by atoms with Gasteiger partial charge in [-0.05, 0) is 38.5 Å². The van der Waals surface area contributed by atoms with E-state index in [9.17, 15) is 14.7 Å². The molecular weight excluding hydrogens is 342 g/mol. The molecule has 0 saturated carbocycles. The Morgan fingerprint density at radius 2 is 1.96 bits per heavy atom. The van der Waals surface area contributed by atoms with Crippen molar-refractivity contribution in [3.8, 4) is 0 Å². The van der Waals surface area contributed by atoms with Crippen molar-refractivity contribution in [3.63, 3.8) is 0 Å². The average molecular weight is 369 g/mol. The highest BCUT2D eigenvalue weighted by atomic mass is 32.2. The first-order chi connectivity index (χ1) is 12.0. The molecule has 2 fully saturated rings. The molecule has 2 N–H and O–H groups in total. The van der Waals surface area contributed by atoms with Crippen LogP contribution in [0.25, 0.3) is 0 Å². The summed E-state index contributed by atoms with van der Waals surface area (Å²) in [5.74, 6) is -1.22. The number of hydrogen-bond acceptors (Lipinski definition) is 6. The lowest BCUT2D eigenvalue weighted by atomic mass is 9.91. The number of thioether (sulfide) groups is 1. The normalized spacial score (nSPS) is 39.2. The number of aliphatic hydroxyl groups is 1. The number of ether oxygens (including phenoxy) is 2. The van der Waals surface area contributed by atoms with Gasteiger partial charge < -0.3 is 19.9 Å². The second-order valence-corrected chi connectivity index (χ2v) is 8.07. The van der Waals surface area contributed by atoms with Crippen LogP contribution in [0.3, 0.4) is 0 Å². The Hall–Kier alpha value is -1.05. The topological polar surface area (TPSA) is 84.9 Å². The lowest BCUT2D eigenvalue weighted by molar-refractivity contribution is -0.284. The van der Waals surface area contributed by atoms with E-state index in [2.05, 4.69) is 17.5 Å². The molecule has 3 aliphatic rings. The van der Waals surface area contributed by atoms with Crippen LogP contribution < -0.4 is 5.32 Å². The highest BCUT2D eigenvalue weighted by Gasteiger charge is 2.49. The number of hydrogen-bond donors (Lipinski definition) is 2. The van der Waals surface area contributed by atoms with Gasteiger partial charge in [0.05, 0.1) is 12.1 Å². The molecule has 6 nitrogen and oxygen atoms in total. The number of fused-ring (bicyclic) bond motifs is 2. The minimum atomic E-state index is -1.47. The minimum Gasteiger partial charge on any atom is -0.462 e. The van der Waals surface area contributed by atoms with Crippen LogP contribution >= 0.6 is 11.8 Å². The standard InChI is InChI=1S/C18H27NO5S/c20-16-9-7-5-3-1-2-4-6-8-13-10-14(23-16)11-18(22,24-13)15-12-25-17(21)19-15/h1-2,13-15,22H,3-12H2,(H,19,21)/b2-1-/t13-,14?,15?,18?/m1/s1. The number of carbonyl (C=O) groups excluding carboxylic acids is 2. The Morgan fingerprint density at radius 3 is 2.72 bits per heavy atom. The first-order valence-corrected chi connectivity index (χ1v) is 10.2. The summed E-state index contributed by atoms with van der Waals surface area (Å²) in [6, 6.07) is -0.465. The molecular formula is C18H27NO5S. The molecule has 2 bridgehead atoms. The smallest absolute Gasteiger partial charge is 0.306 e. The molecule has 3 rings (SSSR count). The summed E-state index contributed by atoms with van der Waals surface area (Å²) in [6.45, 7) is 0. The van der Waals surface area contributed by atoms with Crippen molar-refractivity contribution in [2.45, 2.75) is 81.8 Å². The van der Waals surface area contributed by atoms with E-state index in [1.807, 2.05) is 0 Å². The molecule has 2 saturated heterocycles. The van der Waals surface area contributed by atoms with Crippen molar-refractivity contribution in [2.75, 3.05) is 5.75 Å². The molecule has 0 aromatic rings. The second-order valence-electron chi connectivity index (χ2n) is 7.08. The Labute approximate surface area is 152 Å². The van der Waals surface area contributed by atoms with Gasteiger partial charge in [-0.3, -0.25) is 9.59 Å². The van der Waals surface area contributed by atoms with Crippen molar-refractivity contribution >= 4 is 23.0 Å². The fourth-order valence-electron chi connectivity index (χ4n) is 3.68. The molecule has 3 aliphatic heterocycles. The third kappa shape index (κ3) is 5.21. The predicted octanol–water partition coefficient (Wildman–Crippen LogP) is 2.89. The molecule has 3 heterocycles. The minimum absolute atomic E-state index is 0.148. The van der Waals surface area contributed by atoms with Gasteiger partial charge in [0.2, 0.25) is 0 Å². The number of nitrogens with one attached hydrogen (secondary N) is 1. The molecule has 0 spiro atoms. The summed E-state index contributed by atoms with van der Waals surface area (Å²) < 4.78 is 11.6. The molecule has 3 unspecified atom stereocenters. The van der Waals surface area contributed by atoms with Crippen LogP contribution in [-0.2, 0) is 14.3 Å². The molecule has 0 aliphatic carbocycles. The summed E-state index contributed by atoms with van der Waals surface area (Å²) in [5.41, 5.74) is 0. The zero-order valence-corrected chi connectivity index (χ0v) is 15.3. The number of carbonyl (C=O) groups is 2. The first kappa shape index (κ1) is 18.7. The zero-order valence-electron chi connectivity index (χ0n) is 14.4. The maximum atomic E-state index is 12.1. The molecule has 7 heteroatoms. The SMILES string of the molecule is O=C1CCCC/C=C\CCC[C@@H]2CC(CC(O)(C3CSC(=O)N3)O2)O1. The molecule has 140 valence electrons. The van der Waals surface area contributed by atoms with Crippen LogP contribution in [0, 0.1) is 0 Å². The Kier molecular flexibility index (Phi) is 6.41. The summed E-state index contributed by atoms with van der Waals surface area (Å²) >= 11 is 1.15. The van der Waals surface area contributed by atoms with Gasteiger partial charge in [-0.25, -0.2) is 0 Å². The van der Waals surface area contributed by atoms with Crippen LogP contribution in [-0.4, -0.2) is 46.1 Å². The van der Waals surface area contributed by atoms with Crippen molar-refractivity contribution in [2.24, 2.45) is 0 Å². The zero-order chi connectivity index (χ0) is 17.7. The van der Waals surface area contributed by atoms with E-state index in [4.69, 9.17) is 9.47 Å². The predicted molar refractivity (Wildman–Crippen MR) is 95.2 cm³/mol. The Bertz CT molecular complexity index is 526. The maximum Gasteiger partial charge on any atom is 0.306 e. The second kappa shape index (κ2) is 8.56. The number of amides is 1. The maximum absolute atomic E-state index is 12.1. The van der Waals surface area contributed by atoms with Crippen molar-refractivity contribution in [1.29, 1.82) is 0 Å². The lowest BCUT2D eigenvalue weighted by Crippen LogP contribution is -2.58. The van der Waals surface area contributed by atoms with Gasteiger partial charge in [-0.2, -0.15) is 0 Å². The van der Waals surface area contributed by atoms with E-state index in [1.54, 1.807) is 0 Å².